The van der Waals surface area contributed by atoms with E-state index in [9.17, 15) is 4.79 Å². The summed E-state index contributed by atoms with van der Waals surface area (Å²) in [7, 11) is 1.64. The average molecular weight is 677 g/mol. The number of amides is 1. The zero-order chi connectivity index (χ0) is 33.2. The Bertz CT molecular complexity index is 2190. The highest BCUT2D eigenvalue weighted by atomic mass is 35.5. The van der Waals surface area contributed by atoms with Crippen LogP contribution < -0.4 is 14.8 Å². The van der Waals surface area contributed by atoms with Crippen molar-refractivity contribution in [3.63, 3.8) is 0 Å². The lowest BCUT2D eigenvalue weighted by Crippen LogP contribution is -2.30. The number of nitrogens with zero attached hydrogens (tertiary/aromatic N) is 1. The van der Waals surface area contributed by atoms with E-state index in [0.717, 1.165) is 74.6 Å². The Balaban J connectivity index is 1.29. The maximum absolute atomic E-state index is 14.5. The van der Waals surface area contributed by atoms with E-state index in [1.54, 1.807) is 13.2 Å². The van der Waals surface area contributed by atoms with Gasteiger partial charge in [-0.1, -0.05) is 77.8 Å². The number of pyridine rings is 1. The monoisotopic (exact) mass is 675 g/mol. The van der Waals surface area contributed by atoms with E-state index in [2.05, 4.69) is 28.5 Å². The summed E-state index contributed by atoms with van der Waals surface area (Å²) in [4.78, 5) is 23.0. The van der Waals surface area contributed by atoms with Crippen molar-refractivity contribution in [1.29, 1.82) is 0 Å². The second-order valence-corrected chi connectivity index (χ2v) is 12.7. The van der Waals surface area contributed by atoms with Crippen LogP contribution >= 0.6 is 23.2 Å². The molecule has 1 unspecified atom stereocenters. The number of carbonyl (C=O) groups is 1. The summed E-state index contributed by atoms with van der Waals surface area (Å²) in [5, 5.41) is 6.29. The van der Waals surface area contributed by atoms with Crippen molar-refractivity contribution in [2.75, 3.05) is 20.3 Å². The quantitative estimate of drug-likeness (QED) is 0.160. The van der Waals surface area contributed by atoms with Crippen molar-refractivity contribution < 1.29 is 14.3 Å². The molecule has 0 bridgehead atoms. The summed E-state index contributed by atoms with van der Waals surface area (Å²) in [5.41, 5.74) is 8.23. The maximum atomic E-state index is 14.5. The SMILES string of the molecule is CCOc1ccc(C(CNC(=O)c2c3c(nc4ccccc24)/C(=C\c2cccc(Cl)c2Cl)CCC3)c2c[nH]c3ccccc23)cc1OC. The molecule has 7 rings (SSSR count). The number of ether oxygens (including phenoxy) is 2. The first-order chi connectivity index (χ1) is 23.5. The van der Waals surface area contributed by atoms with Crippen LogP contribution in [0.15, 0.2) is 91.1 Å². The minimum atomic E-state index is -0.168. The van der Waals surface area contributed by atoms with Gasteiger partial charge in [0.1, 0.15) is 0 Å². The predicted molar refractivity (Wildman–Crippen MR) is 196 cm³/mol. The second-order valence-electron chi connectivity index (χ2n) is 11.9. The Morgan fingerprint density at radius 3 is 2.62 bits per heavy atom. The van der Waals surface area contributed by atoms with Gasteiger partial charge in [0.05, 0.1) is 40.5 Å². The highest BCUT2D eigenvalue weighted by molar-refractivity contribution is 6.43. The van der Waals surface area contributed by atoms with Gasteiger partial charge in [-0.05, 0) is 90.4 Å². The van der Waals surface area contributed by atoms with Crippen LogP contribution in [-0.4, -0.2) is 36.1 Å². The first-order valence-electron chi connectivity index (χ1n) is 16.2. The summed E-state index contributed by atoms with van der Waals surface area (Å²) in [5.74, 6) is 1.04. The molecular weight excluding hydrogens is 641 g/mol. The molecule has 6 nitrogen and oxygen atoms in total. The number of carbonyl (C=O) groups excluding carboxylic acids is 1. The summed E-state index contributed by atoms with van der Waals surface area (Å²) >= 11 is 12.9. The second kappa shape index (κ2) is 13.8. The number of H-pyrrole nitrogens is 1. The van der Waals surface area contributed by atoms with Crippen LogP contribution in [0, 0.1) is 0 Å². The molecule has 0 fully saturated rings. The number of hydrogen-bond donors (Lipinski definition) is 2. The summed E-state index contributed by atoms with van der Waals surface area (Å²) < 4.78 is 11.5. The molecule has 48 heavy (non-hydrogen) atoms. The standard InChI is InChI=1S/C40H35Cl2N3O3/c1-3-48-35-19-18-24(21-36(35)47-2)30(31-23-43-33-16-6-4-12-27(31)33)22-44-40(46)37-28-13-5-7-17-34(28)45-39-26(11-8-14-29(37)39)20-25-10-9-15-32(41)38(25)42/h4-7,9-10,12-13,15-21,23,30,43H,3,8,11,14,22H2,1-2H3,(H,44,46)/b26-20-. The number of fused-ring (bicyclic) bond motifs is 3. The van der Waals surface area contributed by atoms with E-state index in [4.69, 9.17) is 37.7 Å². The first-order valence-corrected chi connectivity index (χ1v) is 16.9. The van der Waals surface area contributed by atoms with Crippen molar-refractivity contribution >= 4 is 62.6 Å². The van der Waals surface area contributed by atoms with Gasteiger partial charge in [0.15, 0.2) is 11.5 Å². The van der Waals surface area contributed by atoms with Gasteiger partial charge in [0.25, 0.3) is 5.91 Å². The van der Waals surface area contributed by atoms with Crippen molar-refractivity contribution in [1.82, 2.24) is 15.3 Å². The Kier molecular flexibility index (Phi) is 9.11. The molecule has 1 aliphatic rings. The van der Waals surface area contributed by atoms with Crippen LogP contribution in [0.2, 0.25) is 10.0 Å². The van der Waals surface area contributed by atoms with Crippen LogP contribution in [0.25, 0.3) is 33.5 Å². The molecule has 2 N–H and O–H groups in total. The maximum Gasteiger partial charge on any atom is 0.252 e. The van der Waals surface area contributed by atoms with E-state index in [-0.39, 0.29) is 11.8 Å². The fourth-order valence-corrected chi connectivity index (χ4v) is 7.16. The van der Waals surface area contributed by atoms with Gasteiger partial charge in [-0.15, -0.1) is 0 Å². The molecule has 1 amide bonds. The molecule has 6 aromatic rings. The molecule has 4 aromatic carbocycles. The molecule has 0 saturated heterocycles. The topological polar surface area (TPSA) is 76.2 Å². The molecule has 0 aliphatic heterocycles. The smallest absolute Gasteiger partial charge is 0.252 e. The molecule has 0 spiro atoms. The highest BCUT2D eigenvalue weighted by Gasteiger charge is 2.27. The van der Waals surface area contributed by atoms with Crippen molar-refractivity contribution in [3.8, 4) is 11.5 Å². The highest BCUT2D eigenvalue weighted by Crippen LogP contribution is 2.39. The van der Waals surface area contributed by atoms with Crippen LogP contribution in [0.4, 0.5) is 0 Å². The molecule has 2 heterocycles. The predicted octanol–water partition coefficient (Wildman–Crippen LogP) is 9.87. The lowest BCUT2D eigenvalue weighted by atomic mass is 9.85. The van der Waals surface area contributed by atoms with Crippen LogP contribution in [0.1, 0.15) is 64.0 Å². The number of halogens is 2. The fourth-order valence-electron chi connectivity index (χ4n) is 6.80. The van der Waals surface area contributed by atoms with Crippen molar-refractivity contribution in [2.45, 2.75) is 32.1 Å². The van der Waals surface area contributed by atoms with Gasteiger partial charge >= 0.3 is 0 Å². The molecule has 0 saturated carbocycles. The molecular formula is C40H35Cl2N3O3. The van der Waals surface area contributed by atoms with Gasteiger partial charge in [0.2, 0.25) is 0 Å². The molecule has 1 atom stereocenters. The minimum Gasteiger partial charge on any atom is -0.493 e. The number of hydrogen-bond acceptors (Lipinski definition) is 4. The zero-order valence-electron chi connectivity index (χ0n) is 26.8. The van der Waals surface area contributed by atoms with Gasteiger partial charge in [0, 0.05) is 34.9 Å². The first kappa shape index (κ1) is 31.8. The van der Waals surface area contributed by atoms with Gasteiger partial charge in [-0.25, -0.2) is 4.98 Å². The summed E-state index contributed by atoms with van der Waals surface area (Å²) in [6.07, 6.45) is 6.55. The van der Waals surface area contributed by atoms with Crippen LogP contribution in [-0.2, 0) is 6.42 Å². The van der Waals surface area contributed by atoms with E-state index in [1.807, 2.05) is 79.9 Å². The summed E-state index contributed by atoms with van der Waals surface area (Å²) in [6.45, 7) is 2.85. The van der Waals surface area contributed by atoms with Crippen LogP contribution in [0.5, 0.6) is 11.5 Å². The van der Waals surface area contributed by atoms with E-state index in [0.29, 0.717) is 40.3 Å². The van der Waals surface area contributed by atoms with E-state index >= 15 is 0 Å². The Hall–Kier alpha value is -4.78. The number of allylic oxidation sites excluding steroid dienone is 1. The van der Waals surface area contributed by atoms with Crippen molar-refractivity contribution in [2.24, 2.45) is 0 Å². The van der Waals surface area contributed by atoms with Gasteiger partial charge in [-0.3, -0.25) is 4.79 Å². The number of aromatic nitrogens is 2. The zero-order valence-corrected chi connectivity index (χ0v) is 28.3. The summed E-state index contributed by atoms with van der Waals surface area (Å²) in [6, 6.07) is 27.7. The third-order valence-corrected chi connectivity index (χ3v) is 9.90. The Morgan fingerprint density at radius 2 is 1.79 bits per heavy atom. The largest absolute Gasteiger partial charge is 0.493 e. The molecule has 0 radical (unpaired) electrons. The van der Waals surface area contributed by atoms with Gasteiger partial charge < -0.3 is 19.8 Å². The van der Waals surface area contributed by atoms with Crippen LogP contribution in [0.3, 0.4) is 0 Å². The number of benzene rings is 4. The number of nitrogens with one attached hydrogen (secondary N) is 2. The lowest BCUT2D eigenvalue weighted by Gasteiger charge is -2.24. The number of aromatic amines is 1. The van der Waals surface area contributed by atoms with Crippen molar-refractivity contribution in [3.05, 3.63) is 135 Å². The lowest BCUT2D eigenvalue weighted by molar-refractivity contribution is 0.0953. The number of methoxy groups -OCH3 is 1. The Labute approximate surface area is 289 Å². The third-order valence-electron chi connectivity index (χ3n) is 9.06. The molecule has 1 aliphatic carbocycles. The van der Waals surface area contributed by atoms with Gasteiger partial charge in [-0.2, -0.15) is 0 Å². The number of rotatable bonds is 9. The molecule has 8 heteroatoms. The Morgan fingerprint density at radius 1 is 0.979 bits per heavy atom. The molecule has 242 valence electrons. The molecule has 2 aromatic heterocycles. The number of para-hydroxylation sites is 2. The normalized spacial score (nSPS) is 14.2. The van der Waals surface area contributed by atoms with E-state index < -0.39 is 0 Å². The van der Waals surface area contributed by atoms with E-state index in [1.165, 1.54) is 0 Å². The third kappa shape index (κ3) is 6.02. The minimum absolute atomic E-state index is 0.130. The fraction of sp³-hybridized carbons (Fsp3) is 0.200. The average Bonchev–Trinajstić information content (AvgIpc) is 3.54.